The first-order valence-electron chi connectivity index (χ1n) is 6.14. The second-order valence-electron chi connectivity index (χ2n) is 4.63. The largest absolute Gasteiger partial charge is 0.370 e. The molecular weight excluding hydrogens is 224 g/mol. The Morgan fingerprint density at radius 3 is 2.67 bits per heavy atom. The van der Waals surface area contributed by atoms with Crippen LogP contribution in [-0.2, 0) is 11.3 Å². The molecule has 0 spiro atoms. The molecule has 2 rings (SSSR count). The number of carbonyl (C=O) groups excluding carboxylic acids is 1. The van der Waals surface area contributed by atoms with Gasteiger partial charge in [0.25, 0.3) is 0 Å². The van der Waals surface area contributed by atoms with E-state index in [0.717, 1.165) is 6.54 Å². The molecule has 94 valence electrons. The van der Waals surface area contributed by atoms with E-state index in [1.807, 2.05) is 19.1 Å². The van der Waals surface area contributed by atoms with Gasteiger partial charge in [0.1, 0.15) is 0 Å². The fourth-order valence-corrected chi connectivity index (χ4v) is 2.01. The fraction of sp³-hybridized carbons (Fsp3) is 0.267. The van der Waals surface area contributed by atoms with Crippen LogP contribution in [-0.4, -0.2) is 11.9 Å². The van der Waals surface area contributed by atoms with Gasteiger partial charge in [-0.3, -0.25) is 4.79 Å². The lowest BCUT2D eigenvalue weighted by atomic mass is 10.1. The first kappa shape index (κ1) is 12.6. The van der Waals surface area contributed by atoms with Crippen LogP contribution in [0.25, 0.3) is 10.8 Å². The Balaban J connectivity index is 2.01. The smallest absolute Gasteiger partial charge is 0.218 e. The summed E-state index contributed by atoms with van der Waals surface area (Å²) in [6.07, 6.45) is 0.369. The van der Waals surface area contributed by atoms with Crippen LogP contribution >= 0.6 is 0 Å². The molecule has 18 heavy (non-hydrogen) atoms. The number of benzene rings is 2. The van der Waals surface area contributed by atoms with Crippen molar-refractivity contribution in [3.05, 3.63) is 48.0 Å². The lowest BCUT2D eigenvalue weighted by Crippen LogP contribution is -2.30. The highest BCUT2D eigenvalue weighted by Crippen LogP contribution is 2.15. The van der Waals surface area contributed by atoms with E-state index in [2.05, 4.69) is 35.6 Å². The number of hydrogen-bond acceptors (Lipinski definition) is 2. The van der Waals surface area contributed by atoms with Crippen LogP contribution in [0.15, 0.2) is 42.5 Å². The second-order valence-corrected chi connectivity index (χ2v) is 4.63. The molecule has 3 heteroatoms. The van der Waals surface area contributed by atoms with Crippen LogP contribution in [0.2, 0.25) is 0 Å². The van der Waals surface area contributed by atoms with Crippen molar-refractivity contribution in [1.29, 1.82) is 0 Å². The van der Waals surface area contributed by atoms with Gasteiger partial charge in [-0.1, -0.05) is 36.4 Å². The molecule has 0 aromatic heterocycles. The van der Waals surface area contributed by atoms with Gasteiger partial charge in [0, 0.05) is 19.0 Å². The molecule has 0 heterocycles. The summed E-state index contributed by atoms with van der Waals surface area (Å²) >= 11 is 0. The molecule has 1 amide bonds. The number of nitrogens with two attached hydrogens (primary N) is 1. The first-order chi connectivity index (χ1) is 8.65. The van der Waals surface area contributed by atoms with Crippen molar-refractivity contribution in [2.75, 3.05) is 0 Å². The van der Waals surface area contributed by atoms with Crippen LogP contribution in [0.5, 0.6) is 0 Å². The van der Waals surface area contributed by atoms with E-state index < -0.39 is 0 Å². The van der Waals surface area contributed by atoms with E-state index in [1.54, 1.807) is 0 Å². The summed E-state index contributed by atoms with van der Waals surface area (Å²) in [5, 5.41) is 5.77. The van der Waals surface area contributed by atoms with Crippen LogP contribution in [0.4, 0.5) is 0 Å². The lowest BCUT2D eigenvalue weighted by Gasteiger charge is -2.12. The van der Waals surface area contributed by atoms with Crippen LogP contribution in [0.1, 0.15) is 18.9 Å². The summed E-state index contributed by atoms with van der Waals surface area (Å²) < 4.78 is 0. The molecular formula is C15H18N2O. The van der Waals surface area contributed by atoms with E-state index in [9.17, 15) is 4.79 Å². The zero-order valence-corrected chi connectivity index (χ0v) is 10.5. The van der Waals surface area contributed by atoms with Crippen molar-refractivity contribution in [3.8, 4) is 0 Å². The van der Waals surface area contributed by atoms with Gasteiger partial charge in [-0.15, -0.1) is 0 Å². The summed E-state index contributed by atoms with van der Waals surface area (Å²) in [4.78, 5) is 10.8. The summed E-state index contributed by atoms with van der Waals surface area (Å²) in [6, 6.07) is 14.8. The minimum atomic E-state index is -0.270. The molecule has 1 atom stereocenters. The molecule has 0 saturated heterocycles. The molecule has 0 aliphatic rings. The van der Waals surface area contributed by atoms with Gasteiger partial charge in [0.2, 0.25) is 5.91 Å². The summed E-state index contributed by atoms with van der Waals surface area (Å²) in [6.45, 7) is 2.71. The summed E-state index contributed by atoms with van der Waals surface area (Å²) in [7, 11) is 0. The zero-order valence-electron chi connectivity index (χ0n) is 10.5. The zero-order chi connectivity index (χ0) is 13.0. The molecule has 0 saturated carbocycles. The number of nitrogens with one attached hydrogen (secondary N) is 1. The van der Waals surface area contributed by atoms with E-state index >= 15 is 0 Å². The fourth-order valence-electron chi connectivity index (χ4n) is 2.01. The monoisotopic (exact) mass is 242 g/mol. The average molecular weight is 242 g/mol. The number of rotatable bonds is 5. The summed E-state index contributed by atoms with van der Waals surface area (Å²) in [5.74, 6) is -0.270. The van der Waals surface area contributed by atoms with Gasteiger partial charge in [-0.05, 0) is 29.3 Å². The predicted octanol–water partition coefficient (Wildman–Crippen LogP) is 2.19. The lowest BCUT2D eigenvalue weighted by molar-refractivity contribution is -0.118. The van der Waals surface area contributed by atoms with Crippen molar-refractivity contribution < 1.29 is 4.79 Å². The Morgan fingerprint density at radius 1 is 1.22 bits per heavy atom. The topological polar surface area (TPSA) is 55.1 Å². The maximum absolute atomic E-state index is 10.8. The maximum atomic E-state index is 10.8. The Kier molecular flexibility index (Phi) is 3.95. The molecule has 0 bridgehead atoms. The predicted molar refractivity (Wildman–Crippen MR) is 74.1 cm³/mol. The Bertz CT molecular complexity index is 551. The maximum Gasteiger partial charge on any atom is 0.218 e. The Hall–Kier alpha value is -1.87. The number of amides is 1. The van der Waals surface area contributed by atoms with Crippen LogP contribution < -0.4 is 11.1 Å². The minimum absolute atomic E-state index is 0.106. The van der Waals surface area contributed by atoms with Crippen molar-refractivity contribution in [3.63, 3.8) is 0 Å². The van der Waals surface area contributed by atoms with Crippen molar-refractivity contribution in [2.45, 2.75) is 25.9 Å². The van der Waals surface area contributed by atoms with E-state index in [0.29, 0.717) is 6.42 Å². The average Bonchev–Trinajstić information content (AvgIpc) is 2.35. The second kappa shape index (κ2) is 5.65. The van der Waals surface area contributed by atoms with Crippen molar-refractivity contribution in [1.82, 2.24) is 5.32 Å². The van der Waals surface area contributed by atoms with Gasteiger partial charge < -0.3 is 11.1 Å². The number of primary amides is 1. The van der Waals surface area contributed by atoms with Gasteiger partial charge in [0.05, 0.1) is 0 Å². The van der Waals surface area contributed by atoms with Crippen LogP contribution in [0.3, 0.4) is 0 Å². The Labute approximate surface area is 107 Å². The first-order valence-corrected chi connectivity index (χ1v) is 6.14. The highest BCUT2D eigenvalue weighted by atomic mass is 16.1. The molecule has 1 unspecified atom stereocenters. The van der Waals surface area contributed by atoms with Crippen LogP contribution in [0, 0.1) is 0 Å². The third-order valence-corrected chi connectivity index (χ3v) is 2.98. The van der Waals surface area contributed by atoms with Crippen molar-refractivity contribution >= 4 is 16.7 Å². The molecule has 2 aromatic carbocycles. The summed E-state index contributed by atoms with van der Waals surface area (Å²) in [5.41, 5.74) is 6.37. The number of fused-ring (bicyclic) bond motifs is 1. The quantitative estimate of drug-likeness (QED) is 0.844. The highest BCUT2D eigenvalue weighted by Gasteiger charge is 2.05. The molecule has 2 aromatic rings. The molecule has 0 aliphatic heterocycles. The SMILES string of the molecule is CC(CC(N)=O)NCc1ccc2ccccc2c1. The normalized spacial score (nSPS) is 12.5. The number of hydrogen-bond donors (Lipinski definition) is 2. The molecule has 3 nitrogen and oxygen atoms in total. The molecule has 0 radical (unpaired) electrons. The third kappa shape index (κ3) is 3.31. The standard InChI is InChI=1S/C15H18N2O/c1-11(8-15(16)18)17-10-12-6-7-13-4-2-3-5-14(13)9-12/h2-7,9,11,17H,8,10H2,1H3,(H2,16,18). The minimum Gasteiger partial charge on any atom is -0.370 e. The Morgan fingerprint density at radius 2 is 1.94 bits per heavy atom. The molecule has 0 fully saturated rings. The number of carbonyl (C=O) groups is 1. The van der Waals surface area contributed by atoms with E-state index in [-0.39, 0.29) is 11.9 Å². The van der Waals surface area contributed by atoms with Gasteiger partial charge in [-0.2, -0.15) is 0 Å². The van der Waals surface area contributed by atoms with Gasteiger partial charge >= 0.3 is 0 Å². The van der Waals surface area contributed by atoms with Crippen molar-refractivity contribution in [2.24, 2.45) is 5.73 Å². The van der Waals surface area contributed by atoms with E-state index in [4.69, 9.17) is 5.73 Å². The third-order valence-electron chi connectivity index (χ3n) is 2.98. The highest BCUT2D eigenvalue weighted by molar-refractivity contribution is 5.82. The van der Waals surface area contributed by atoms with Gasteiger partial charge in [-0.25, -0.2) is 0 Å². The molecule has 3 N–H and O–H groups in total. The van der Waals surface area contributed by atoms with E-state index in [1.165, 1.54) is 16.3 Å². The molecule has 0 aliphatic carbocycles. The van der Waals surface area contributed by atoms with Gasteiger partial charge in [0.15, 0.2) is 0 Å².